The van der Waals surface area contributed by atoms with Crippen LogP contribution in [0.25, 0.3) is 32.7 Å². The first kappa shape index (κ1) is 14.7. The molecule has 2 aromatic carbocycles. The van der Waals surface area contributed by atoms with Gasteiger partial charge in [0.2, 0.25) is 0 Å². The molecule has 0 aliphatic carbocycles. The number of nitrogens with zero attached hydrogens (tertiary/aromatic N) is 2. The van der Waals surface area contributed by atoms with Crippen LogP contribution in [0, 0.1) is 13.8 Å². The third-order valence-electron chi connectivity index (χ3n) is 4.92. The molecular weight excluding hydrogens is 300 g/mol. The van der Waals surface area contributed by atoms with Crippen molar-refractivity contribution in [2.45, 2.75) is 13.8 Å². The quantitative estimate of drug-likeness (QED) is 0.492. The van der Waals surface area contributed by atoms with Crippen LogP contribution in [0.2, 0.25) is 0 Å². The third kappa shape index (κ3) is 1.80. The molecule has 0 aliphatic heterocycles. The Morgan fingerprint density at radius 3 is 2.67 bits per heavy atom. The molecule has 0 bridgehead atoms. The van der Waals surface area contributed by atoms with Gasteiger partial charge in [0.15, 0.2) is 0 Å². The van der Waals surface area contributed by atoms with Crippen molar-refractivity contribution in [2.75, 3.05) is 7.11 Å². The summed E-state index contributed by atoms with van der Waals surface area (Å²) in [7, 11) is 3.47. The molecule has 2 heterocycles. The third-order valence-corrected chi connectivity index (χ3v) is 4.92. The molecule has 4 rings (SSSR count). The van der Waals surface area contributed by atoms with Crippen molar-refractivity contribution in [2.24, 2.45) is 7.05 Å². The second-order valence-corrected chi connectivity index (χ2v) is 6.16. The number of benzene rings is 2. The van der Waals surface area contributed by atoms with Crippen molar-refractivity contribution in [1.29, 1.82) is 0 Å². The summed E-state index contributed by atoms with van der Waals surface area (Å²) < 4.78 is 7.06. The van der Waals surface area contributed by atoms with Crippen LogP contribution in [0.1, 0.15) is 21.5 Å². The van der Waals surface area contributed by atoms with E-state index >= 15 is 0 Å². The van der Waals surface area contributed by atoms with E-state index in [9.17, 15) is 4.79 Å². The zero-order valence-electron chi connectivity index (χ0n) is 14.2. The lowest BCUT2D eigenvalue weighted by atomic mass is 9.98. The van der Waals surface area contributed by atoms with Gasteiger partial charge in [-0.3, -0.25) is 4.98 Å². The average molecular weight is 318 g/mol. The summed E-state index contributed by atoms with van der Waals surface area (Å²) in [5.41, 5.74) is 6.20. The van der Waals surface area contributed by atoms with Crippen molar-refractivity contribution in [3.05, 3.63) is 53.2 Å². The number of fused-ring (bicyclic) bond motifs is 4. The molecular formula is C20H18N2O2. The van der Waals surface area contributed by atoms with Crippen LogP contribution in [0.15, 0.2) is 36.5 Å². The molecule has 0 atom stereocenters. The van der Waals surface area contributed by atoms with E-state index in [2.05, 4.69) is 36.5 Å². The van der Waals surface area contributed by atoms with E-state index in [1.54, 1.807) is 0 Å². The highest BCUT2D eigenvalue weighted by Crippen LogP contribution is 2.37. The lowest BCUT2D eigenvalue weighted by molar-refractivity contribution is 0.0601. The zero-order chi connectivity index (χ0) is 17.0. The van der Waals surface area contributed by atoms with E-state index in [0.29, 0.717) is 5.56 Å². The van der Waals surface area contributed by atoms with Crippen molar-refractivity contribution >= 4 is 38.7 Å². The molecule has 0 radical (unpaired) electrons. The fourth-order valence-corrected chi connectivity index (χ4v) is 3.76. The van der Waals surface area contributed by atoms with Crippen LogP contribution in [-0.4, -0.2) is 22.6 Å². The van der Waals surface area contributed by atoms with E-state index in [1.807, 2.05) is 30.5 Å². The number of methoxy groups -OCH3 is 1. The number of hydrogen-bond donors (Lipinski definition) is 0. The summed E-state index contributed by atoms with van der Waals surface area (Å²) in [6.45, 7) is 4.23. The number of ether oxygens (including phenoxy) is 1. The van der Waals surface area contributed by atoms with Gasteiger partial charge in [0.25, 0.3) is 0 Å². The topological polar surface area (TPSA) is 44.1 Å². The van der Waals surface area contributed by atoms with E-state index in [4.69, 9.17) is 4.74 Å². The number of carbonyl (C=O) groups is 1. The Balaban J connectivity index is 2.26. The first-order valence-electron chi connectivity index (χ1n) is 7.89. The molecule has 0 saturated heterocycles. The molecule has 0 aliphatic rings. The number of esters is 1. The minimum Gasteiger partial charge on any atom is -0.465 e. The summed E-state index contributed by atoms with van der Waals surface area (Å²) in [4.78, 5) is 16.5. The van der Waals surface area contributed by atoms with Crippen LogP contribution in [0.3, 0.4) is 0 Å². The van der Waals surface area contributed by atoms with Gasteiger partial charge in [-0.2, -0.15) is 0 Å². The molecule has 2 aromatic heterocycles. The second-order valence-electron chi connectivity index (χ2n) is 6.16. The van der Waals surface area contributed by atoms with E-state index < -0.39 is 0 Å². The molecule has 24 heavy (non-hydrogen) atoms. The van der Waals surface area contributed by atoms with Gasteiger partial charge in [0, 0.05) is 34.9 Å². The standard InChI is InChI=1S/C20H18N2O2/c1-11-14-6-5-9-21-18(14)12(2)19-17(11)15-10-13(20(23)24-4)7-8-16(15)22(19)3/h5-10H,1-4H3. The lowest BCUT2D eigenvalue weighted by Gasteiger charge is -2.09. The number of pyridine rings is 1. The van der Waals surface area contributed by atoms with E-state index in [0.717, 1.165) is 32.9 Å². The van der Waals surface area contributed by atoms with E-state index in [1.165, 1.54) is 18.1 Å². The SMILES string of the molecule is COC(=O)c1ccc2c(c1)c1c(C)c3cccnc3c(C)c1n2C. The lowest BCUT2D eigenvalue weighted by Crippen LogP contribution is -2.00. The van der Waals surface area contributed by atoms with Crippen molar-refractivity contribution < 1.29 is 9.53 Å². The number of carbonyl (C=O) groups excluding carboxylic acids is 1. The molecule has 0 amide bonds. The van der Waals surface area contributed by atoms with Gasteiger partial charge < -0.3 is 9.30 Å². The fourth-order valence-electron chi connectivity index (χ4n) is 3.76. The Labute approximate surface area is 139 Å². The Kier molecular flexibility index (Phi) is 3.10. The average Bonchev–Trinajstić information content (AvgIpc) is 2.91. The molecule has 0 N–H and O–H groups in total. The minimum atomic E-state index is -0.314. The summed E-state index contributed by atoms with van der Waals surface area (Å²) in [6, 6.07) is 9.80. The van der Waals surface area contributed by atoms with Gasteiger partial charge in [0.1, 0.15) is 0 Å². The van der Waals surface area contributed by atoms with E-state index in [-0.39, 0.29) is 5.97 Å². The highest BCUT2D eigenvalue weighted by Gasteiger charge is 2.18. The van der Waals surface area contributed by atoms with Crippen LogP contribution >= 0.6 is 0 Å². The molecule has 120 valence electrons. The second kappa shape index (κ2) is 5.06. The van der Waals surface area contributed by atoms with Crippen molar-refractivity contribution in [3.63, 3.8) is 0 Å². The molecule has 0 unspecified atom stereocenters. The van der Waals surface area contributed by atoms with Crippen molar-refractivity contribution in [1.82, 2.24) is 9.55 Å². The highest BCUT2D eigenvalue weighted by molar-refractivity contribution is 6.17. The van der Waals surface area contributed by atoms with Gasteiger partial charge in [0.05, 0.1) is 23.7 Å². The number of aryl methyl sites for hydroxylation is 3. The van der Waals surface area contributed by atoms with Gasteiger partial charge in [-0.25, -0.2) is 4.79 Å². The Morgan fingerprint density at radius 2 is 1.92 bits per heavy atom. The van der Waals surface area contributed by atoms with Gasteiger partial charge >= 0.3 is 5.97 Å². The molecule has 0 fully saturated rings. The summed E-state index contributed by atoms with van der Waals surface area (Å²) in [5.74, 6) is -0.314. The number of rotatable bonds is 1. The number of hydrogen-bond acceptors (Lipinski definition) is 3. The fraction of sp³-hybridized carbons (Fsp3) is 0.200. The molecule has 4 heteroatoms. The maximum atomic E-state index is 11.9. The summed E-state index contributed by atoms with van der Waals surface area (Å²) in [5, 5.41) is 3.40. The number of aromatic nitrogens is 2. The van der Waals surface area contributed by atoms with Gasteiger partial charge in [-0.05, 0) is 49.2 Å². The van der Waals surface area contributed by atoms with Gasteiger partial charge in [-0.15, -0.1) is 0 Å². The molecule has 0 saturated carbocycles. The van der Waals surface area contributed by atoms with Gasteiger partial charge in [-0.1, -0.05) is 6.07 Å². The Morgan fingerprint density at radius 1 is 1.12 bits per heavy atom. The first-order chi connectivity index (χ1) is 11.5. The molecule has 0 spiro atoms. The van der Waals surface area contributed by atoms with Crippen LogP contribution < -0.4 is 0 Å². The summed E-state index contributed by atoms with van der Waals surface area (Å²) in [6.07, 6.45) is 1.83. The van der Waals surface area contributed by atoms with Crippen LogP contribution in [0.5, 0.6) is 0 Å². The molecule has 4 nitrogen and oxygen atoms in total. The Bertz CT molecular complexity index is 1140. The molecule has 4 aromatic rings. The Hall–Kier alpha value is -2.88. The summed E-state index contributed by atoms with van der Waals surface area (Å²) >= 11 is 0. The van der Waals surface area contributed by atoms with Crippen molar-refractivity contribution in [3.8, 4) is 0 Å². The smallest absolute Gasteiger partial charge is 0.337 e. The minimum absolute atomic E-state index is 0.314. The largest absolute Gasteiger partial charge is 0.465 e. The predicted octanol–water partition coefficient (Wildman–Crippen LogP) is 4.28. The van der Waals surface area contributed by atoms with Crippen LogP contribution in [0.4, 0.5) is 0 Å². The monoisotopic (exact) mass is 318 g/mol. The zero-order valence-corrected chi connectivity index (χ0v) is 14.2. The normalized spacial score (nSPS) is 11.5. The first-order valence-corrected chi connectivity index (χ1v) is 7.89. The maximum absolute atomic E-state index is 11.9. The van der Waals surface area contributed by atoms with Crippen LogP contribution in [-0.2, 0) is 11.8 Å². The predicted molar refractivity (Wildman–Crippen MR) is 96.5 cm³/mol. The maximum Gasteiger partial charge on any atom is 0.337 e. The highest BCUT2D eigenvalue weighted by atomic mass is 16.5.